The first-order valence-electron chi connectivity index (χ1n) is 5.98. The molecular formula is C15H18Cl2N2. The summed E-state index contributed by atoms with van der Waals surface area (Å²) in [7, 11) is 0. The van der Waals surface area contributed by atoms with Crippen LogP contribution < -0.4 is 10.9 Å². The highest BCUT2D eigenvalue weighted by atomic mass is 35.5. The molecule has 102 valence electrons. The van der Waals surface area contributed by atoms with Gasteiger partial charge in [0.25, 0.3) is 0 Å². The molecule has 0 saturated carbocycles. The Kier molecular flexibility index (Phi) is 5.67. The van der Waals surface area contributed by atoms with Gasteiger partial charge >= 0.3 is 0 Å². The highest BCUT2D eigenvalue weighted by Gasteiger charge is 2.05. The fourth-order valence-electron chi connectivity index (χ4n) is 1.77. The molecule has 4 heteroatoms. The Morgan fingerprint density at radius 1 is 0.895 bits per heavy atom. The van der Waals surface area contributed by atoms with E-state index in [1.165, 1.54) is 5.56 Å². The van der Waals surface area contributed by atoms with Gasteiger partial charge in [-0.2, -0.15) is 0 Å². The van der Waals surface area contributed by atoms with Gasteiger partial charge < -0.3 is 0 Å². The fraction of sp³-hybridized carbons (Fsp3) is 0.200. The standard InChI is InChI=1S/C15H17ClN2.ClH/c1-11(2)12-3-7-14(8-4-12)18(17)15-9-5-13(16)6-10-15;/h3-11H,17H2,1-2H3;1H. The maximum Gasteiger partial charge on any atom is 0.0576 e. The number of anilines is 2. The molecule has 0 bridgehead atoms. The summed E-state index contributed by atoms with van der Waals surface area (Å²) in [4.78, 5) is 0. The Labute approximate surface area is 125 Å². The number of hydrogen-bond donors (Lipinski definition) is 1. The molecule has 0 aromatic heterocycles. The van der Waals surface area contributed by atoms with E-state index in [0.717, 1.165) is 11.4 Å². The Morgan fingerprint density at radius 3 is 1.74 bits per heavy atom. The van der Waals surface area contributed by atoms with Crippen LogP contribution in [-0.2, 0) is 0 Å². The lowest BCUT2D eigenvalue weighted by Crippen LogP contribution is -2.24. The van der Waals surface area contributed by atoms with E-state index < -0.39 is 0 Å². The summed E-state index contributed by atoms with van der Waals surface area (Å²) < 4.78 is 0. The molecule has 0 unspecified atom stereocenters. The Morgan fingerprint density at radius 2 is 1.32 bits per heavy atom. The van der Waals surface area contributed by atoms with Crippen molar-refractivity contribution < 1.29 is 0 Å². The van der Waals surface area contributed by atoms with Crippen LogP contribution in [0.2, 0.25) is 5.02 Å². The molecule has 0 spiro atoms. The third-order valence-electron chi connectivity index (χ3n) is 2.94. The van der Waals surface area contributed by atoms with E-state index in [-0.39, 0.29) is 12.4 Å². The van der Waals surface area contributed by atoms with Gasteiger partial charge in [-0.05, 0) is 47.9 Å². The highest BCUT2D eigenvalue weighted by molar-refractivity contribution is 6.30. The number of hydrazine groups is 1. The summed E-state index contributed by atoms with van der Waals surface area (Å²) in [5.41, 5.74) is 3.18. The van der Waals surface area contributed by atoms with Crippen molar-refractivity contribution in [3.8, 4) is 0 Å². The number of benzene rings is 2. The summed E-state index contributed by atoms with van der Waals surface area (Å²) in [6.45, 7) is 4.35. The Hall–Kier alpha value is -1.22. The summed E-state index contributed by atoms with van der Waals surface area (Å²) in [6.07, 6.45) is 0. The lowest BCUT2D eigenvalue weighted by atomic mass is 10.0. The molecule has 0 aliphatic heterocycles. The third-order valence-corrected chi connectivity index (χ3v) is 3.19. The molecule has 19 heavy (non-hydrogen) atoms. The number of hydrogen-bond acceptors (Lipinski definition) is 2. The maximum atomic E-state index is 6.08. The first-order valence-corrected chi connectivity index (χ1v) is 6.36. The van der Waals surface area contributed by atoms with Crippen molar-refractivity contribution in [2.45, 2.75) is 19.8 Å². The fourth-order valence-corrected chi connectivity index (χ4v) is 1.90. The Balaban J connectivity index is 0.00000180. The van der Waals surface area contributed by atoms with E-state index >= 15 is 0 Å². The monoisotopic (exact) mass is 296 g/mol. The molecule has 2 nitrogen and oxygen atoms in total. The average molecular weight is 297 g/mol. The van der Waals surface area contributed by atoms with E-state index in [1.54, 1.807) is 5.01 Å². The Bertz CT molecular complexity index is 507. The number of halogens is 2. The number of nitrogens with zero attached hydrogens (tertiary/aromatic N) is 1. The van der Waals surface area contributed by atoms with Crippen LogP contribution in [0.25, 0.3) is 0 Å². The predicted molar refractivity (Wildman–Crippen MR) is 85.6 cm³/mol. The summed E-state index contributed by atoms with van der Waals surface area (Å²) >= 11 is 5.86. The van der Waals surface area contributed by atoms with E-state index in [9.17, 15) is 0 Å². The van der Waals surface area contributed by atoms with Crippen LogP contribution in [0.15, 0.2) is 48.5 Å². The van der Waals surface area contributed by atoms with Gasteiger partial charge in [-0.15, -0.1) is 12.4 Å². The van der Waals surface area contributed by atoms with Gasteiger partial charge in [-0.3, -0.25) is 5.01 Å². The van der Waals surface area contributed by atoms with Crippen molar-refractivity contribution in [1.82, 2.24) is 0 Å². The topological polar surface area (TPSA) is 29.3 Å². The molecule has 2 aromatic rings. The molecule has 0 aliphatic carbocycles. The molecule has 0 fully saturated rings. The van der Waals surface area contributed by atoms with Crippen molar-refractivity contribution in [3.63, 3.8) is 0 Å². The zero-order chi connectivity index (χ0) is 13.1. The van der Waals surface area contributed by atoms with Crippen LogP contribution in [-0.4, -0.2) is 0 Å². The minimum atomic E-state index is 0. The molecule has 0 amide bonds. The third kappa shape index (κ3) is 3.87. The van der Waals surface area contributed by atoms with E-state index in [4.69, 9.17) is 17.4 Å². The predicted octanol–water partition coefficient (Wildman–Crippen LogP) is 4.90. The maximum absolute atomic E-state index is 6.08. The second kappa shape index (κ2) is 6.80. The van der Waals surface area contributed by atoms with Gasteiger partial charge in [0, 0.05) is 5.02 Å². The zero-order valence-corrected chi connectivity index (χ0v) is 12.6. The van der Waals surface area contributed by atoms with Crippen molar-refractivity contribution in [2.75, 3.05) is 5.01 Å². The van der Waals surface area contributed by atoms with Crippen molar-refractivity contribution in [1.29, 1.82) is 0 Å². The van der Waals surface area contributed by atoms with E-state index in [1.807, 2.05) is 36.4 Å². The highest BCUT2D eigenvalue weighted by Crippen LogP contribution is 2.25. The molecule has 2 aromatic carbocycles. The first kappa shape index (κ1) is 15.8. The zero-order valence-electron chi connectivity index (χ0n) is 11.0. The second-order valence-electron chi connectivity index (χ2n) is 4.59. The first-order chi connectivity index (χ1) is 8.58. The molecule has 0 atom stereocenters. The lowest BCUT2D eigenvalue weighted by Gasteiger charge is -2.19. The minimum absolute atomic E-state index is 0. The van der Waals surface area contributed by atoms with E-state index in [2.05, 4.69) is 26.0 Å². The lowest BCUT2D eigenvalue weighted by molar-refractivity contribution is 0.866. The van der Waals surface area contributed by atoms with Crippen LogP contribution in [0, 0.1) is 0 Å². The van der Waals surface area contributed by atoms with Crippen LogP contribution in [0.1, 0.15) is 25.3 Å². The largest absolute Gasteiger partial charge is 0.280 e. The van der Waals surface area contributed by atoms with Crippen LogP contribution in [0.4, 0.5) is 11.4 Å². The molecule has 0 radical (unpaired) electrons. The van der Waals surface area contributed by atoms with E-state index in [0.29, 0.717) is 10.9 Å². The van der Waals surface area contributed by atoms with Crippen LogP contribution in [0.5, 0.6) is 0 Å². The van der Waals surface area contributed by atoms with Crippen molar-refractivity contribution in [3.05, 3.63) is 59.1 Å². The molecule has 0 saturated heterocycles. The number of nitrogens with two attached hydrogens (primary N) is 1. The van der Waals surface area contributed by atoms with Gasteiger partial charge in [-0.1, -0.05) is 37.6 Å². The summed E-state index contributed by atoms with van der Waals surface area (Å²) in [5, 5.41) is 2.36. The molecule has 0 heterocycles. The minimum Gasteiger partial charge on any atom is -0.280 e. The van der Waals surface area contributed by atoms with Crippen molar-refractivity contribution in [2.24, 2.45) is 5.84 Å². The van der Waals surface area contributed by atoms with Gasteiger partial charge in [-0.25, -0.2) is 5.84 Å². The number of rotatable bonds is 3. The quantitative estimate of drug-likeness (QED) is 0.645. The van der Waals surface area contributed by atoms with Gasteiger partial charge in [0.2, 0.25) is 0 Å². The molecule has 2 N–H and O–H groups in total. The van der Waals surface area contributed by atoms with Crippen LogP contribution in [0.3, 0.4) is 0 Å². The molecular weight excluding hydrogens is 279 g/mol. The molecule has 0 aliphatic rings. The normalized spacial score (nSPS) is 10.2. The SMILES string of the molecule is CC(C)c1ccc(N(N)c2ccc(Cl)cc2)cc1.Cl. The smallest absolute Gasteiger partial charge is 0.0576 e. The summed E-state index contributed by atoms with van der Waals surface area (Å²) in [5.74, 6) is 6.61. The second-order valence-corrected chi connectivity index (χ2v) is 5.03. The van der Waals surface area contributed by atoms with Gasteiger partial charge in [0.15, 0.2) is 0 Å². The summed E-state index contributed by atoms with van der Waals surface area (Å²) in [6, 6.07) is 15.7. The van der Waals surface area contributed by atoms with Crippen LogP contribution >= 0.6 is 24.0 Å². The molecule has 2 rings (SSSR count). The van der Waals surface area contributed by atoms with Gasteiger partial charge in [0.05, 0.1) is 11.4 Å². The average Bonchev–Trinajstić information content (AvgIpc) is 2.39. The van der Waals surface area contributed by atoms with Gasteiger partial charge in [0.1, 0.15) is 0 Å². The van der Waals surface area contributed by atoms with Crippen molar-refractivity contribution >= 4 is 35.4 Å².